The van der Waals surface area contributed by atoms with E-state index in [0.29, 0.717) is 13.2 Å². The average Bonchev–Trinajstić information content (AvgIpc) is 2.17. The molecule has 3 nitrogen and oxygen atoms in total. The number of hydrogen-bond donors (Lipinski definition) is 1. The molecular formula is C13H23NO2. The standard InChI is InChI=1S/C13H23NO2/c1-5-16-13(15)14-10-9-12(4)8-6-7-11(2)3/h7,9H,5-6,8,10H2,1-4H3,(H,14,15)/b12-9+. The van der Waals surface area contributed by atoms with E-state index < -0.39 is 0 Å². The average molecular weight is 225 g/mol. The maximum atomic E-state index is 11.0. The van der Waals surface area contributed by atoms with Crippen LogP contribution < -0.4 is 5.32 Å². The molecule has 0 bridgehead atoms. The van der Waals surface area contributed by atoms with Gasteiger partial charge in [-0.3, -0.25) is 0 Å². The molecule has 0 aliphatic carbocycles. The van der Waals surface area contributed by atoms with Gasteiger partial charge in [-0.15, -0.1) is 0 Å². The number of carbonyl (C=O) groups excluding carboxylic acids is 1. The van der Waals surface area contributed by atoms with Gasteiger partial charge >= 0.3 is 6.09 Å². The predicted molar refractivity (Wildman–Crippen MR) is 67.4 cm³/mol. The van der Waals surface area contributed by atoms with Crippen LogP contribution in [0.15, 0.2) is 23.3 Å². The predicted octanol–water partition coefficient (Wildman–Crippen LogP) is 3.43. The van der Waals surface area contributed by atoms with Crippen LogP contribution >= 0.6 is 0 Å². The Morgan fingerprint density at radius 2 is 1.94 bits per heavy atom. The molecule has 0 saturated carbocycles. The van der Waals surface area contributed by atoms with Crippen LogP contribution in [0.1, 0.15) is 40.5 Å². The number of amides is 1. The summed E-state index contributed by atoms with van der Waals surface area (Å²) in [4.78, 5) is 11.0. The molecular weight excluding hydrogens is 202 g/mol. The second-order valence-electron chi connectivity index (χ2n) is 3.97. The van der Waals surface area contributed by atoms with Gasteiger partial charge in [-0.05, 0) is 40.5 Å². The lowest BCUT2D eigenvalue weighted by atomic mass is 10.1. The Bertz CT molecular complexity index is 263. The van der Waals surface area contributed by atoms with E-state index in [1.54, 1.807) is 6.92 Å². The lowest BCUT2D eigenvalue weighted by molar-refractivity contribution is 0.153. The highest BCUT2D eigenvalue weighted by Crippen LogP contribution is 2.05. The summed E-state index contributed by atoms with van der Waals surface area (Å²) >= 11 is 0. The van der Waals surface area contributed by atoms with Crippen LogP contribution in [0.4, 0.5) is 4.79 Å². The molecule has 0 saturated heterocycles. The first-order chi connectivity index (χ1) is 7.56. The minimum atomic E-state index is -0.351. The summed E-state index contributed by atoms with van der Waals surface area (Å²) in [7, 11) is 0. The van der Waals surface area contributed by atoms with Crippen molar-refractivity contribution >= 4 is 6.09 Å². The Kier molecular flexibility index (Phi) is 8.31. The number of allylic oxidation sites excluding steroid dienone is 3. The van der Waals surface area contributed by atoms with Crippen LogP contribution in [0, 0.1) is 0 Å². The number of ether oxygens (including phenoxy) is 1. The largest absolute Gasteiger partial charge is 0.450 e. The third-order valence-electron chi connectivity index (χ3n) is 2.06. The molecule has 0 unspecified atom stereocenters. The molecule has 0 spiro atoms. The van der Waals surface area contributed by atoms with Gasteiger partial charge in [0, 0.05) is 6.54 Å². The Morgan fingerprint density at radius 3 is 2.50 bits per heavy atom. The smallest absolute Gasteiger partial charge is 0.407 e. The van der Waals surface area contributed by atoms with E-state index in [1.165, 1.54) is 11.1 Å². The van der Waals surface area contributed by atoms with Crippen LogP contribution in [0.5, 0.6) is 0 Å². The van der Waals surface area contributed by atoms with Crippen molar-refractivity contribution in [1.29, 1.82) is 0 Å². The second-order valence-corrected chi connectivity index (χ2v) is 3.97. The van der Waals surface area contributed by atoms with E-state index in [9.17, 15) is 4.79 Å². The van der Waals surface area contributed by atoms with Crippen LogP contribution in [-0.4, -0.2) is 19.2 Å². The highest BCUT2D eigenvalue weighted by molar-refractivity contribution is 5.67. The number of rotatable bonds is 6. The van der Waals surface area contributed by atoms with Gasteiger partial charge in [0.05, 0.1) is 6.61 Å². The van der Waals surface area contributed by atoms with E-state index >= 15 is 0 Å². The Morgan fingerprint density at radius 1 is 1.25 bits per heavy atom. The zero-order chi connectivity index (χ0) is 12.4. The monoisotopic (exact) mass is 225 g/mol. The van der Waals surface area contributed by atoms with Crippen molar-refractivity contribution < 1.29 is 9.53 Å². The fraction of sp³-hybridized carbons (Fsp3) is 0.615. The van der Waals surface area contributed by atoms with E-state index in [4.69, 9.17) is 4.74 Å². The normalized spacial score (nSPS) is 10.9. The van der Waals surface area contributed by atoms with Crippen LogP contribution in [-0.2, 0) is 4.74 Å². The van der Waals surface area contributed by atoms with Crippen LogP contribution in [0.2, 0.25) is 0 Å². The molecule has 0 aromatic carbocycles. The van der Waals surface area contributed by atoms with Crippen molar-refractivity contribution in [2.45, 2.75) is 40.5 Å². The topological polar surface area (TPSA) is 38.3 Å². The van der Waals surface area contributed by atoms with Crippen molar-refractivity contribution in [2.24, 2.45) is 0 Å². The highest BCUT2D eigenvalue weighted by Gasteiger charge is 1.96. The number of nitrogens with one attached hydrogen (secondary N) is 1. The molecule has 0 aromatic heterocycles. The third-order valence-corrected chi connectivity index (χ3v) is 2.06. The summed E-state index contributed by atoms with van der Waals surface area (Å²) in [6.07, 6.45) is 5.99. The zero-order valence-electron chi connectivity index (χ0n) is 10.8. The van der Waals surface area contributed by atoms with E-state index in [1.807, 2.05) is 6.08 Å². The molecule has 0 aromatic rings. The third kappa shape index (κ3) is 9.31. The van der Waals surface area contributed by atoms with Crippen molar-refractivity contribution in [3.05, 3.63) is 23.3 Å². The Labute approximate surface area is 98.6 Å². The molecule has 3 heteroatoms. The van der Waals surface area contributed by atoms with Crippen LogP contribution in [0.3, 0.4) is 0 Å². The quantitative estimate of drug-likeness (QED) is 0.703. The van der Waals surface area contributed by atoms with Crippen molar-refractivity contribution in [3.8, 4) is 0 Å². The summed E-state index contributed by atoms with van der Waals surface area (Å²) in [5.41, 5.74) is 2.63. The second kappa shape index (κ2) is 9.01. The highest BCUT2D eigenvalue weighted by atomic mass is 16.5. The lowest BCUT2D eigenvalue weighted by Gasteiger charge is -2.03. The molecule has 16 heavy (non-hydrogen) atoms. The van der Waals surface area contributed by atoms with Crippen molar-refractivity contribution in [2.75, 3.05) is 13.2 Å². The number of alkyl carbamates (subject to hydrolysis) is 1. The lowest BCUT2D eigenvalue weighted by Crippen LogP contribution is -2.24. The van der Waals surface area contributed by atoms with Gasteiger partial charge in [0.1, 0.15) is 0 Å². The van der Waals surface area contributed by atoms with E-state index in [0.717, 1.165) is 12.8 Å². The molecule has 1 amide bonds. The van der Waals surface area contributed by atoms with E-state index in [2.05, 4.69) is 32.2 Å². The molecule has 1 N–H and O–H groups in total. The minimum Gasteiger partial charge on any atom is -0.450 e. The van der Waals surface area contributed by atoms with Crippen molar-refractivity contribution in [1.82, 2.24) is 5.32 Å². The first kappa shape index (κ1) is 14.8. The van der Waals surface area contributed by atoms with Crippen molar-refractivity contribution in [3.63, 3.8) is 0 Å². The molecule has 0 fully saturated rings. The molecule has 0 atom stereocenters. The maximum absolute atomic E-state index is 11.0. The van der Waals surface area contributed by atoms with Gasteiger partial charge in [0.2, 0.25) is 0 Å². The van der Waals surface area contributed by atoms with Gasteiger partial charge in [-0.1, -0.05) is 23.3 Å². The minimum absolute atomic E-state index is 0.351. The SMILES string of the molecule is CCOC(=O)NC/C=C(\C)CCC=C(C)C. The first-order valence-corrected chi connectivity index (χ1v) is 5.75. The molecule has 0 aliphatic rings. The van der Waals surface area contributed by atoms with E-state index in [-0.39, 0.29) is 6.09 Å². The van der Waals surface area contributed by atoms with Gasteiger partial charge in [0.25, 0.3) is 0 Å². The summed E-state index contributed by atoms with van der Waals surface area (Å²) in [6, 6.07) is 0. The summed E-state index contributed by atoms with van der Waals surface area (Å²) in [5, 5.41) is 2.66. The molecule has 0 heterocycles. The molecule has 0 rings (SSSR count). The number of hydrogen-bond acceptors (Lipinski definition) is 2. The van der Waals surface area contributed by atoms with Crippen LogP contribution in [0.25, 0.3) is 0 Å². The van der Waals surface area contributed by atoms with Gasteiger partial charge in [-0.25, -0.2) is 4.79 Å². The zero-order valence-corrected chi connectivity index (χ0v) is 10.8. The fourth-order valence-electron chi connectivity index (χ4n) is 1.18. The van der Waals surface area contributed by atoms with Gasteiger partial charge in [0.15, 0.2) is 0 Å². The first-order valence-electron chi connectivity index (χ1n) is 5.75. The maximum Gasteiger partial charge on any atom is 0.407 e. The Balaban J connectivity index is 3.70. The molecule has 92 valence electrons. The summed E-state index contributed by atoms with van der Waals surface area (Å²) < 4.78 is 4.75. The number of carbonyl (C=O) groups is 1. The molecule has 0 radical (unpaired) electrons. The Hall–Kier alpha value is -1.25. The fourth-order valence-corrected chi connectivity index (χ4v) is 1.18. The van der Waals surface area contributed by atoms with Gasteiger partial charge in [-0.2, -0.15) is 0 Å². The summed E-state index contributed by atoms with van der Waals surface area (Å²) in [5.74, 6) is 0. The molecule has 0 aliphatic heterocycles. The summed E-state index contributed by atoms with van der Waals surface area (Å²) in [6.45, 7) is 9.02. The van der Waals surface area contributed by atoms with Gasteiger partial charge < -0.3 is 10.1 Å².